The molecule has 0 unspecified atom stereocenters. The first-order valence-electron chi connectivity index (χ1n) is 2.91. The van der Waals surface area contributed by atoms with E-state index in [1.165, 1.54) is 28.8 Å². The van der Waals surface area contributed by atoms with Crippen LogP contribution in [0.1, 0.15) is 0 Å². The third-order valence-electron chi connectivity index (χ3n) is 1.11. The molecule has 1 nitrogen and oxygen atoms in total. The van der Waals surface area contributed by atoms with Crippen molar-refractivity contribution >= 4 is 10.1 Å². The van der Waals surface area contributed by atoms with Crippen molar-refractivity contribution in [3.05, 3.63) is 36.6 Å². The Morgan fingerprint density at radius 2 is 2.40 bits per heavy atom. The molecular weight excluding hydrogens is 294 g/mol. The van der Waals surface area contributed by atoms with Crippen LogP contribution in [0.5, 0.6) is 0 Å². The Labute approximate surface area is 71.3 Å². The minimum atomic E-state index is 1.17. The molecule has 0 atom stereocenters. The summed E-state index contributed by atoms with van der Waals surface area (Å²) in [6.07, 6.45) is 9.43. The normalized spacial score (nSPS) is 20.0. The summed E-state index contributed by atoms with van der Waals surface area (Å²) >= 11 is 1.46. The quantitative estimate of drug-likeness (QED) is 0.694. The molecule has 0 saturated heterocycles. The van der Waals surface area contributed by atoms with E-state index in [1.807, 2.05) is 24.6 Å². The van der Waals surface area contributed by atoms with Crippen LogP contribution in [0.2, 0.25) is 0 Å². The standard InChI is InChI=1S/C8H7N.W/c1-2-4-8-5-3-6-9-7-8;/h2-4,6-7H,1H2;/b8-4+;. The minimum absolute atomic E-state index is 1.17. The van der Waals surface area contributed by atoms with E-state index >= 15 is 0 Å². The van der Waals surface area contributed by atoms with Crippen LogP contribution in [0.3, 0.4) is 0 Å². The van der Waals surface area contributed by atoms with Crippen LogP contribution in [0.25, 0.3) is 0 Å². The van der Waals surface area contributed by atoms with Gasteiger partial charge in [0, 0.05) is 0 Å². The van der Waals surface area contributed by atoms with E-state index in [0.29, 0.717) is 0 Å². The number of hydrogen-bond donors (Lipinski definition) is 0. The van der Waals surface area contributed by atoms with Gasteiger partial charge in [0.1, 0.15) is 0 Å². The maximum absolute atomic E-state index is 4.00. The second-order valence-electron chi connectivity index (χ2n) is 1.82. The monoisotopic (exact) mass is 301 g/mol. The first-order chi connectivity index (χ1) is 4.84. The third kappa shape index (κ3) is 1.71. The van der Waals surface area contributed by atoms with Crippen LogP contribution in [-0.4, -0.2) is 10.1 Å². The number of rotatable bonds is 1. The van der Waals surface area contributed by atoms with Gasteiger partial charge in [0.2, 0.25) is 0 Å². The Morgan fingerprint density at radius 3 is 3.00 bits per heavy atom. The molecular formula is C8H7NW. The van der Waals surface area contributed by atoms with E-state index in [9.17, 15) is 0 Å². The van der Waals surface area contributed by atoms with Crippen molar-refractivity contribution in [1.82, 2.24) is 0 Å². The molecule has 0 spiro atoms. The van der Waals surface area contributed by atoms with Gasteiger partial charge in [-0.1, -0.05) is 0 Å². The van der Waals surface area contributed by atoms with Gasteiger partial charge in [-0.2, -0.15) is 0 Å². The fourth-order valence-electron chi connectivity index (χ4n) is 0.646. The molecule has 1 aliphatic rings. The van der Waals surface area contributed by atoms with E-state index in [1.54, 1.807) is 6.08 Å². The zero-order valence-corrected chi connectivity index (χ0v) is 8.38. The average molecular weight is 301 g/mol. The molecule has 0 N–H and O–H groups in total. The fourth-order valence-corrected chi connectivity index (χ4v) is 1.30. The molecule has 0 radical (unpaired) electrons. The molecule has 0 aromatic rings. The first kappa shape index (κ1) is 7.55. The zero-order chi connectivity index (χ0) is 7.40. The molecule has 0 saturated carbocycles. The van der Waals surface area contributed by atoms with Gasteiger partial charge in [0.05, 0.1) is 0 Å². The van der Waals surface area contributed by atoms with Crippen molar-refractivity contribution in [3.63, 3.8) is 0 Å². The van der Waals surface area contributed by atoms with Crippen molar-refractivity contribution < 1.29 is 19.4 Å². The Kier molecular flexibility index (Phi) is 2.70. The van der Waals surface area contributed by atoms with Crippen molar-refractivity contribution in [2.75, 3.05) is 0 Å². The van der Waals surface area contributed by atoms with Crippen LogP contribution >= 0.6 is 0 Å². The van der Waals surface area contributed by atoms with Crippen molar-refractivity contribution in [2.45, 2.75) is 0 Å². The molecule has 0 aromatic heterocycles. The SMILES string of the molecule is C=C/C=C1/C=NC=C[C]1=[W]. The third-order valence-corrected chi connectivity index (χ3v) is 2.44. The van der Waals surface area contributed by atoms with Crippen LogP contribution in [-0.2, 0) is 19.4 Å². The topological polar surface area (TPSA) is 12.4 Å². The Balaban J connectivity index is 2.90. The first-order valence-corrected chi connectivity index (χ1v) is 4.38. The van der Waals surface area contributed by atoms with Gasteiger partial charge in [0.15, 0.2) is 0 Å². The molecule has 0 bridgehead atoms. The maximum atomic E-state index is 4.00. The molecule has 1 aliphatic heterocycles. The molecule has 1 rings (SSSR count). The van der Waals surface area contributed by atoms with Crippen molar-refractivity contribution in [2.24, 2.45) is 4.99 Å². The summed E-state index contributed by atoms with van der Waals surface area (Å²) in [7, 11) is 0. The van der Waals surface area contributed by atoms with Gasteiger partial charge >= 0.3 is 71.0 Å². The summed E-state index contributed by atoms with van der Waals surface area (Å²) in [6.45, 7) is 3.62. The summed E-state index contributed by atoms with van der Waals surface area (Å²) in [5.74, 6) is 0. The predicted molar refractivity (Wildman–Crippen MR) is 40.9 cm³/mol. The molecule has 50 valence electrons. The number of aliphatic imine (C=N–C) groups is 1. The summed E-state index contributed by atoms with van der Waals surface area (Å²) in [6, 6.07) is 0. The van der Waals surface area contributed by atoms with E-state index in [4.69, 9.17) is 0 Å². The summed E-state index contributed by atoms with van der Waals surface area (Å²) in [5, 5.41) is 0. The molecule has 0 fully saturated rings. The Bertz CT molecular complexity index is 246. The van der Waals surface area contributed by atoms with Crippen LogP contribution in [0.4, 0.5) is 0 Å². The summed E-state index contributed by atoms with van der Waals surface area (Å²) < 4.78 is 1.31. The van der Waals surface area contributed by atoms with Gasteiger partial charge in [-0.25, -0.2) is 0 Å². The Morgan fingerprint density at radius 1 is 1.60 bits per heavy atom. The van der Waals surface area contributed by atoms with Gasteiger partial charge in [-0.05, 0) is 0 Å². The Hall–Kier alpha value is -0.552. The molecule has 10 heavy (non-hydrogen) atoms. The molecule has 0 aliphatic carbocycles. The number of allylic oxidation sites excluding steroid dienone is 4. The van der Waals surface area contributed by atoms with Gasteiger partial charge in [-0.15, -0.1) is 0 Å². The van der Waals surface area contributed by atoms with E-state index < -0.39 is 0 Å². The molecule has 0 aromatic carbocycles. The van der Waals surface area contributed by atoms with E-state index in [2.05, 4.69) is 11.6 Å². The van der Waals surface area contributed by atoms with Crippen molar-refractivity contribution in [1.29, 1.82) is 0 Å². The number of nitrogens with zero attached hydrogens (tertiary/aromatic N) is 1. The molecule has 0 amide bonds. The van der Waals surface area contributed by atoms with Gasteiger partial charge in [-0.3, -0.25) is 0 Å². The van der Waals surface area contributed by atoms with Crippen LogP contribution < -0.4 is 0 Å². The number of hydrogen-bond acceptors (Lipinski definition) is 1. The van der Waals surface area contributed by atoms with Crippen molar-refractivity contribution in [3.8, 4) is 0 Å². The van der Waals surface area contributed by atoms with Gasteiger partial charge < -0.3 is 0 Å². The van der Waals surface area contributed by atoms with E-state index in [0.717, 1.165) is 0 Å². The predicted octanol–water partition coefficient (Wildman–Crippen LogP) is 1.42. The fraction of sp³-hybridized carbons (Fsp3) is 0. The second-order valence-corrected chi connectivity index (χ2v) is 3.40. The van der Waals surface area contributed by atoms with E-state index in [-0.39, 0.29) is 0 Å². The average Bonchev–Trinajstić information content (AvgIpc) is 1.94. The molecule has 1 heterocycles. The van der Waals surface area contributed by atoms with Crippen LogP contribution in [0.15, 0.2) is 41.6 Å². The summed E-state index contributed by atoms with van der Waals surface area (Å²) in [5.41, 5.74) is 1.17. The van der Waals surface area contributed by atoms with Crippen LogP contribution in [0, 0.1) is 0 Å². The summed E-state index contributed by atoms with van der Waals surface area (Å²) in [4.78, 5) is 4.00. The second kappa shape index (κ2) is 3.58. The van der Waals surface area contributed by atoms with Gasteiger partial charge in [0.25, 0.3) is 0 Å². The molecule has 2 heteroatoms. The zero-order valence-electron chi connectivity index (χ0n) is 5.45.